The zero-order valence-corrected chi connectivity index (χ0v) is 16.8. The molecule has 2 aromatic carbocycles. The van der Waals surface area contributed by atoms with Crippen LogP contribution in [-0.2, 0) is 10.3 Å². The molecule has 1 aromatic heterocycles. The van der Waals surface area contributed by atoms with E-state index in [1.807, 2.05) is 18.2 Å². The van der Waals surface area contributed by atoms with Gasteiger partial charge >= 0.3 is 0 Å². The average molecular weight is 411 g/mol. The fourth-order valence-electron chi connectivity index (χ4n) is 4.57. The highest BCUT2D eigenvalue weighted by Crippen LogP contribution is 2.52. The van der Waals surface area contributed by atoms with E-state index in [0.717, 1.165) is 53.3 Å². The number of fused-ring (bicyclic) bond motifs is 4. The zero-order valence-electron chi connectivity index (χ0n) is 16.8. The summed E-state index contributed by atoms with van der Waals surface area (Å²) in [6, 6.07) is 12.6. The van der Waals surface area contributed by atoms with E-state index in [0.29, 0.717) is 6.61 Å². The number of rotatable bonds is 2. The molecule has 0 saturated heterocycles. The highest BCUT2D eigenvalue weighted by Gasteiger charge is 2.47. The fourth-order valence-corrected chi connectivity index (χ4v) is 4.57. The molecule has 1 spiro atoms. The van der Waals surface area contributed by atoms with Crippen molar-refractivity contribution in [2.75, 3.05) is 19.7 Å². The van der Waals surface area contributed by atoms with Gasteiger partial charge in [0.25, 0.3) is 6.02 Å². The van der Waals surface area contributed by atoms with E-state index in [1.54, 1.807) is 12.4 Å². The Hall–Kier alpha value is -3.71. The smallest absolute Gasteiger partial charge is 0.283 e. The molecule has 7 heteroatoms. The summed E-state index contributed by atoms with van der Waals surface area (Å²) in [5.74, 6) is 1.53. The third-order valence-electron chi connectivity index (χ3n) is 6.13. The number of hydrogen-bond donors (Lipinski definition) is 2. The van der Waals surface area contributed by atoms with Crippen LogP contribution in [0.2, 0.25) is 0 Å². The molecule has 0 amide bonds. The molecule has 6 rings (SSSR count). The monoisotopic (exact) mass is 411 g/mol. The van der Waals surface area contributed by atoms with Crippen molar-refractivity contribution in [3.8, 4) is 22.6 Å². The van der Waals surface area contributed by atoms with Gasteiger partial charge in [0.05, 0.1) is 0 Å². The molecule has 0 radical (unpaired) electrons. The van der Waals surface area contributed by atoms with Gasteiger partial charge in [-0.1, -0.05) is 18.2 Å². The van der Waals surface area contributed by atoms with Crippen molar-refractivity contribution in [3.63, 3.8) is 0 Å². The maximum Gasteiger partial charge on any atom is 0.283 e. The Morgan fingerprint density at radius 1 is 0.935 bits per heavy atom. The number of hydrogen-bond acceptors (Lipinski definition) is 7. The van der Waals surface area contributed by atoms with E-state index in [-0.39, 0.29) is 6.02 Å². The largest absolute Gasteiger partial charge is 0.462 e. The maximum atomic E-state index is 6.30. The fraction of sp³-hybridized carbons (Fsp3) is 0.208. The maximum absolute atomic E-state index is 6.30. The van der Waals surface area contributed by atoms with E-state index in [9.17, 15) is 0 Å². The van der Waals surface area contributed by atoms with Crippen LogP contribution < -0.4 is 15.8 Å². The number of amidine groups is 1. The Balaban J connectivity index is 1.53. The summed E-state index contributed by atoms with van der Waals surface area (Å²) in [5.41, 5.74) is 11.6. The van der Waals surface area contributed by atoms with Crippen LogP contribution in [-0.4, -0.2) is 35.7 Å². The summed E-state index contributed by atoms with van der Waals surface area (Å²) in [4.78, 5) is 13.1. The molecule has 3 aliphatic rings. The van der Waals surface area contributed by atoms with E-state index < -0.39 is 5.54 Å². The summed E-state index contributed by atoms with van der Waals surface area (Å²) in [5, 5.41) is 3.37. The lowest BCUT2D eigenvalue weighted by Crippen LogP contribution is -2.31. The molecule has 7 nitrogen and oxygen atoms in total. The number of nitrogens with two attached hydrogens (primary N) is 1. The Bertz CT molecular complexity index is 1240. The molecule has 0 aliphatic carbocycles. The van der Waals surface area contributed by atoms with Crippen LogP contribution in [0.4, 0.5) is 0 Å². The van der Waals surface area contributed by atoms with Crippen molar-refractivity contribution < 1.29 is 9.47 Å². The van der Waals surface area contributed by atoms with Gasteiger partial charge in [-0.3, -0.25) is 0 Å². The summed E-state index contributed by atoms with van der Waals surface area (Å²) in [6.45, 7) is 2.19. The lowest BCUT2D eigenvalue weighted by atomic mass is 9.79. The predicted octanol–water partition coefficient (Wildman–Crippen LogP) is 3.21. The molecule has 0 fully saturated rings. The Morgan fingerprint density at radius 2 is 1.68 bits per heavy atom. The molecule has 31 heavy (non-hydrogen) atoms. The second-order valence-corrected chi connectivity index (χ2v) is 7.93. The van der Waals surface area contributed by atoms with Gasteiger partial charge in [-0.2, -0.15) is 0 Å². The van der Waals surface area contributed by atoms with E-state index in [2.05, 4.69) is 39.6 Å². The van der Waals surface area contributed by atoms with Crippen LogP contribution in [0.1, 0.15) is 23.1 Å². The first kappa shape index (κ1) is 18.1. The highest BCUT2D eigenvalue weighted by atomic mass is 16.5. The Morgan fingerprint density at radius 3 is 2.35 bits per heavy atom. The minimum Gasteiger partial charge on any atom is -0.462 e. The number of benzene rings is 2. The topological polar surface area (TPSA) is 94.7 Å². The van der Waals surface area contributed by atoms with Crippen molar-refractivity contribution in [3.05, 3.63) is 77.9 Å². The van der Waals surface area contributed by atoms with Crippen molar-refractivity contribution in [2.45, 2.75) is 12.0 Å². The van der Waals surface area contributed by atoms with Crippen LogP contribution in [0.15, 0.2) is 66.2 Å². The first-order valence-electron chi connectivity index (χ1n) is 10.3. The molecule has 3 N–H and O–H groups in total. The summed E-state index contributed by atoms with van der Waals surface area (Å²) < 4.78 is 12.0. The van der Waals surface area contributed by atoms with E-state index >= 15 is 0 Å². The molecule has 0 saturated carbocycles. The second kappa shape index (κ2) is 6.92. The first-order valence-corrected chi connectivity index (χ1v) is 10.3. The van der Waals surface area contributed by atoms with Crippen LogP contribution in [0.25, 0.3) is 16.7 Å². The van der Waals surface area contributed by atoms with E-state index in [1.165, 1.54) is 17.5 Å². The number of nitrogens with one attached hydrogen (secondary N) is 1. The molecule has 0 unspecified atom stereocenters. The van der Waals surface area contributed by atoms with Crippen LogP contribution in [0.5, 0.6) is 11.5 Å². The molecule has 0 bridgehead atoms. The van der Waals surface area contributed by atoms with Crippen LogP contribution in [0, 0.1) is 0 Å². The summed E-state index contributed by atoms with van der Waals surface area (Å²) >= 11 is 0. The van der Waals surface area contributed by atoms with Crippen molar-refractivity contribution >= 4 is 11.6 Å². The van der Waals surface area contributed by atoms with Gasteiger partial charge in [-0.25, -0.2) is 15.0 Å². The van der Waals surface area contributed by atoms with Gasteiger partial charge in [-0.15, -0.1) is 0 Å². The lowest BCUT2D eigenvalue weighted by molar-refractivity contribution is 0.264. The minimum absolute atomic E-state index is 0.193. The average Bonchev–Trinajstić information content (AvgIpc) is 3.22. The van der Waals surface area contributed by atoms with Crippen LogP contribution in [0.3, 0.4) is 0 Å². The van der Waals surface area contributed by atoms with Gasteiger partial charge < -0.3 is 20.5 Å². The highest BCUT2D eigenvalue weighted by molar-refractivity contribution is 5.79. The molecule has 154 valence electrons. The minimum atomic E-state index is -0.748. The molecule has 4 heterocycles. The number of aliphatic imine (C=N–C) groups is 1. The summed E-state index contributed by atoms with van der Waals surface area (Å²) in [7, 11) is 0. The number of nitrogens with zero attached hydrogens (tertiary/aromatic N) is 3. The number of ether oxygens (including phenoxy) is 2. The lowest BCUT2D eigenvalue weighted by Gasteiger charge is -2.34. The molecular formula is C24H21N5O2. The second-order valence-electron chi connectivity index (χ2n) is 7.93. The number of aromatic nitrogens is 2. The van der Waals surface area contributed by atoms with E-state index in [4.69, 9.17) is 20.2 Å². The third kappa shape index (κ3) is 2.89. The van der Waals surface area contributed by atoms with Crippen molar-refractivity contribution in [1.29, 1.82) is 0 Å². The van der Waals surface area contributed by atoms with Gasteiger partial charge in [-0.05, 0) is 53.9 Å². The van der Waals surface area contributed by atoms with Gasteiger partial charge in [0.15, 0.2) is 5.54 Å². The van der Waals surface area contributed by atoms with Gasteiger partial charge in [0.2, 0.25) is 0 Å². The van der Waals surface area contributed by atoms with Crippen molar-refractivity contribution in [2.24, 2.45) is 10.7 Å². The standard InChI is InChI=1S/C24H21N5O2/c25-23-29-24(13-30-23)19-9-16(15-5-7-26-8-6-15)1-3-21(19)31-22-4-2-17(10-20(22)24)18-11-27-14-28-12-18/h1-5,9-12,14,26H,6-8,13H2,(H2,25,29)/t24-/m1/s1. The first-order chi connectivity index (χ1) is 15.2. The Labute approximate surface area is 179 Å². The quantitative estimate of drug-likeness (QED) is 0.672. The normalized spacial score (nSPS) is 21.4. The van der Waals surface area contributed by atoms with Gasteiger partial charge in [0, 0.05) is 35.6 Å². The SMILES string of the molecule is NC1=N[C@]2(CO1)c1cc(C3=CCNCC3)ccc1Oc1ccc(-c3cncnc3)cc12. The van der Waals surface area contributed by atoms with Crippen molar-refractivity contribution in [1.82, 2.24) is 15.3 Å². The zero-order chi connectivity index (χ0) is 20.8. The third-order valence-corrected chi connectivity index (χ3v) is 6.13. The molecule has 1 atom stereocenters. The van der Waals surface area contributed by atoms with Crippen LogP contribution >= 0.6 is 0 Å². The molecule has 3 aromatic rings. The Kier molecular flexibility index (Phi) is 4.04. The molecule has 3 aliphatic heterocycles. The molecular weight excluding hydrogens is 390 g/mol. The summed E-state index contributed by atoms with van der Waals surface area (Å²) in [6.07, 6.45) is 8.34. The predicted molar refractivity (Wildman–Crippen MR) is 118 cm³/mol. The van der Waals surface area contributed by atoms with Gasteiger partial charge in [0.1, 0.15) is 24.4 Å².